The number of nitrogens with zero attached hydrogens (tertiary/aromatic N) is 3. The van der Waals surface area contributed by atoms with Crippen molar-refractivity contribution in [2.75, 3.05) is 24.6 Å². The molecule has 4 rings (SSSR count). The summed E-state index contributed by atoms with van der Waals surface area (Å²) in [4.78, 5) is 11.3. The molecule has 1 aliphatic heterocycles. The Balaban J connectivity index is 0.00000225. The molecule has 5 nitrogen and oxygen atoms in total. The monoisotopic (exact) mass is 399 g/mol. The van der Waals surface area contributed by atoms with Crippen LogP contribution in [0.2, 0.25) is 0 Å². The summed E-state index contributed by atoms with van der Waals surface area (Å²) in [6.07, 6.45) is 4.98. The second-order valence-electron chi connectivity index (χ2n) is 6.92. The fraction of sp³-hybridized carbons (Fsp3) is 0.364. The molecule has 3 aromatic rings. The van der Waals surface area contributed by atoms with Crippen molar-refractivity contribution < 1.29 is 9.47 Å². The second kappa shape index (κ2) is 9.22. The average Bonchev–Trinajstić information content (AvgIpc) is 3.15. The maximum absolute atomic E-state index is 5.94. The molecule has 0 aliphatic carbocycles. The second-order valence-corrected chi connectivity index (χ2v) is 6.92. The predicted octanol–water partition coefficient (Wildman–Crippen LogP) is 4.55. The molecule has 1 unspecified atom stereocenters. The van der Waals surface area contributed by atoms with E-state index in [-0.39, 0.29) is 12.4 Å². The molecular weight excluding hydrogens is 374 g/mol. The Morgan fingerprint density at radius 2 is 2.11 bits per heavy atom. The third-order valence-corrected chi connectivity index (χ3v) is 4.90. The molecule has 0 spiro atoms. The third kappa shape index (κ3) is 4.54. The van der Waals surface area contributed by atoms with Gasteiger partial charge in [0.05, 0.1) is 11.6 Å². The quantitative estimate of drug-likeness (QED) is 0.608. The molecule has 0 saturated carbocycles. The SMILES string of the molecule is CCOC1CCN(c2cc(C)nc3cc(OCc4cccnc4)ccc23)C1.Cl. The summed E-state index contributed by atoms with van der Waals surface area (Å²) in [6, 6.07) is 12.3. The van der Waals surface area contributed by atoms with Crippen LogP contribution in [0.15, 0.2) is 48.8 Å². The van der Waals surface area contributed by atoms with Gasteiger partial charge in [-0.25, -0.2) is 0 Å². The zero-order valence-corrected chi connectivity index (χ0v) is 17.1. The Kier molecular flexibility index (Phi) is 6.70. The molecule has 1 aromatic carbocycles. The highest BCUT2D eigenvalue weighted by atomic mass is 35.5. The van der Waals surface area contributed by atoms with Gasteiger partial charge >= 0.3 is 0 Å². The van der Waals surface area contributed by atoms with Crippen LogP contribution in [0.3, 0.4) is 0 Å². The zero-order chi connectivity index (χ0) is 18.6. The highest BCUT2D eigenvalue weighted by molar-refractivity contribution is 5.93. The first kappa shape index (κ1) is 20.4. The predicted molar refractivity (Wildman–Crippen MR) is 115 cm³/mol. The summed E-state index contributed by atoms with van der Waals surface area (Å²) in [6.45, 7) is 7.32. The van der Waals surface area contributed by atoms with Crippen LogP contribution >= 0.6 is 12.4 Å². The average molecular weight is 400 g/mol. The molecule has 1 atom stereocenters. The maximum atomic E-state index is 5.94. The van der Waals surface area contributed by atoms with Crippen molar-refractivity contribution in [2.24, 2.45) is 0 Å². The van der Waals surface area contributed by atoms with E-state index in [4.69, 9.17) is 14.5 Å². The van der Waals surface area contributed by atoms with Gasteiger partial charge in [-0.15, -0.1) is 12.4 Å². The molecule has 1 saturated heterocycles. The third-order valence-electron chi connectivity index (χ3n) is 4.90. The number of rotatable bonds is 6. The van der Waals surface area contributed by atoms with Crippen LogP contribution in [0.4, 0.5) is 5.69 Å². The van der Waals surface area contributed by atoms with Crippen molar-refractivity contribution >= 4 is 29.0 Å². The number of benzene rings is 1. The van der Waals surface area contributed by atoms with Gasteiger partial charge in [0, 0.05) is 60.5 Å². The van der Waals surface area contributed by atoms with Crippen LogP contribution in [0, 0.1) is 6.92 Å². The fourth-order valence-electron chi connectivity index (χ4n) is 3.64. The normalized spacial score (nSPS) is 16.2. The molecule has 0 amide bonds. The fourth-order valence-corrected chi connectivity index (χ4v) is 3.64. The molecular formula is C22H26ClN3O2. The topological polar surface area (TPSA) is 47.5 Å². The summed E-state index contributed by atoms with van der Waals surface area (Å²) in [5.41, 5.74) is 4.27. The van der Waals surface area contributed by atoms with Crippen molar-refractivity contribution in [3.05, 3.63) is 60.0 Å². The van der Waals surface area contributed by atoms with Gasteiger partial charge in [0.1, 0.15) is 12.4 Å². The molecule has 3 heterocycles. The van der Waals surface area contributed by atoms with Gasteiger partial charge in [-0.1, -0.05) is 6.07 Å². The van der Waals surface area contributed by atoms with Gasteiger partial charge in [-0.3, -0.25) is 9.97 Å². The lowest BCUT2D eigenvalue weighted by atomic mass is 10.1. The highest BCUT2D eigenvalue weighted by Gasteiger charge is 2.24. The van der Waals surface area contributed by atoms with E-state index in [0.29, 0.717) is 12.7 Å². The van der Waals surface area contributed by atoms with Gasteiger partial charge in [-0.05, 0) is 44.5 Å². The summed E-state index contributed by atoms with van der Waals surface area (Å²) in [5, 5.41) is 1.16. The molecule has 1 fully saturated rings. The van der Waals surface area contributed by atoms with Crippen molar-refractivity contribution in [2.45, 2.75) is 33.0 Å². The molecule has 0 radical (unpaired) electrons. The number of aryl methyl sites for hydroxylation is 1. The minimum Gasteiger partial charge on any atom is -0.489 e. The van der Waals surface area contributed by atoms with E-state index in [1.165, 1.54) is 5.69 Å². The summed E-state index contributed by atoms with van der Waals surface area (Å²) >= 11 is 0. The Bertz CT molecular complexity index is 920. The van der Waals surface area contributed by atoms with Crippen LogP contribution in [-0.2, 0) is 11.3 Å². The number of hydrogen-bond acceptors (Lipinski definition) is 5. The van der Waals surface area contributed by atoms with E-state index >= 15 is 0 Å². The first-order chi connectivity index (χ1) is 13.2. The maximum Gasteiger partial charge on any atom is 0.122 e. The largest absolute Gasteiger partial charge is 0.489 e. The number of anilines is 1. The molecule has 148 valence electrons. The smallest absolute Gasteiger partial charge is 0.122 e. The van der Waals surface area contributed by atoms with Gasteiger partial charge in [-0.2, -0.15) is 0 Å². The minimum atomic E-state index is 0. The van der Waals surface area contributed by atoms with Crippen LogP contribution in [0.5, 0.6) is 5.75 Å². The summed E-state index contributed by atoms with van der Waals surface area (Å²) in [7, 11) is 0. The van der Waals surface area contributed by atoms with E-state index in [2.05, 4.69) is 28.9 Å². The first-order valence-electron chi connectivity index (χ1n) is 9.52. The van der Waals surface area contributed by atoms with Crippen molar-refractivity contribution in [1.29, 1.82) is 0 Å². The molecule has 0 bridgehead atoms. The van der Waals surface area contributed by atoms with E-state index < -0.39 is 0 Å². The van der Waals surface area contributed by atoms with E-state index in [0.717, 1.165) is 54.0 Å². The Morgan fingerprint density at radius 3 is 2.89 bits per heavy atom. The molecule has 1 aliphatic rings. The van der Waals surface area contributed by atoms with Gasteiger partial charge in [0.25, 0.3) is 0 Å². The van der Waals surface area contributed by atoms with Crippen molar-refractivity contribution in [1.82, 2.24) is 9.97 Å². The number of hydrogen-bond donors (Lipinski definition) is 0. The Hall–Kier alpha value is -2.37. The Morgan fingerprint density at radius 1 is 1.21 bits per heavy atom. The van der Waals surface area contributed by atoms with Gasteiger partial charge in [0.2, 0.25) is 0 Å². The lowest BCUT2D eigenvalue weighted by Crippen LogP contribution is -2.23. The van der Waals surface area contributed by atoms with Gasteiger partial charge in [0.15, 0.2) is 0 Å². The molecule has 2 aromatic heterocycles. The van der Waals surface area contributed by atoms with Crippen molar-refractivity contribution in [3.8, 4) is 5.75 Å². The van der Waals surface area contributed by atoms with Crippen LogP contribution in [-0.4, -0.2) is 35.8 Å². The van der Waals surface area contributed by atoms with Crippen LogP contribution in [0.25, 0.3) is 10.9 Å². The van der Waals surface area contributed by atoms with Crippen LogP contribution in [0.1, 0.15) is 24.6 Å². The minimum absolute atomic E-state index is 0. The van der Waals surface area contributed by atoms with Crippen molar-refractivity contribution in [3.63, 3.8) is 0 Å². The molecule has 0 N–H and O–H groups in total. The summed E-state index contributed by atoms with van der Waals surface area (Å²) < 4.78 is 11.7. The number of ether oxygens (including phenoxy) is 2. The summed E-state index contributed by atoms with van der Waals surface area (Å²) in [5.74, 6) is 0.823. The first-order valence-corrected chi connectivity index (χ1v) is 9.52. The lowest BCUT2D eigenvalue weighted by molar-refractivity contribution is 0.0788. The van der Waals surface area contributed by atoms with Crippen LogP contribution < -0.4 is 9.64 Å². The molecule has 28 heavy (non-hydrogen) atoms. The zero-order valence-electron chi connectivity index (χ0n) is 16.3. The Labute approximate surface area is 172 Å². The highest BCUT2D eigenvalue weighted by Crippen LogP contribution is 2.32. The number of halogens is 1. The molecule has 6 heteroatoms. The number of pyridine rings is 2. The van der Waals surface area contributed by atoms with E-state index in [1.807, 2.05) is 37.4 Å². The van der Waals surface area contributed by atoms with E-state index in [9.17, 15) is 0 Å². The number of fused-ring (bicyclic) bond motifs is 1. The van der Waals surface area contributed by atoms with Gasteiger partial charge < -0.3 is 14.4 Å². The number of aromatic nitrogens is 2. The lowest BCUT2D eigenvalue weighted by Gasteiger charge is -2.21. The standard InChI is InChI=1S/C22H25N3O2.ClH/c1-3-26-19-8-10-25(14-19)22-11-16(2)24-21-12-18(6-7-20(21)22)27-15-17-5-4-9-23-13-17;/h4-7,9,11-13,19H,3,8,10,14-15H2,1-2H3;1H. The van der Waals surface area contributed by atoms with E-state index in [1.54, 1.807) is 6.20 Å².